The second-order valence-electron chi connectivity index (χ2n) is 11.7. The molecule has 0 spiro atoms. The van der Waals surface area contributed by atoms with Crippen molar-refractivity contribution in [1.29, 1.82) is 0 Å². The minimum absolute atomic E-state index is 0.157. The van der Waals surface area contributed by atoms with Crippen LogP contribution in [0.15, 0.2) is 105 Å². The van der Waals surface area contributed by atoms with Crippen LogP contribution in [-0.4, -0.2) is 56.4 Å². The van der Waals surface area contributed by atoms with Crippen LogP contribution >= 0.6 is 0 Å². The minimum Gasteiger partial charge on any atom is -0.374 e. The van der Waals surface area contributed by atoms with Crippen LogP contribution < -0.4 is 16.0 Å². The Labute approximate surface area is 296 Å². The molecule has 0 aliphatic rings. The number of hydrogen-bond acceptors (Lipinski definition) is 10. The highest BCUT2D eigenvalue weighted by Crippen LogP contribution is 2.25. The number of fused-ring (bicyclic) bond motifs is 1. The Morgan fingerprint density at radius 2 is 1.69 bits per heavy atom. The van der Waals surface area contributed by atoms with Gasteiger partial charge in [0.1, 0.15) is 18.2 Å². The van der Waals surface area contributed by atoms with Gasteiger partial charge in [0.25, 0.3) is 15.6 Å². The van der Waals surface area contributed by atoms with E-state index in [0.29, 0.717) is 46.6 Å². The Morgan fingerprint density at radius 1 is 0.942 bits per heavy atom. The fourth-order valence-corrected chi connectivity index (χ4v) is 6.35. The van der Waals surface area contributed by atoms with Gasteiger partial charge >= 0.3 is 5.69 Å². The second-order valence-corrected chi connectivity index (χ2v) is 13.4. The first-order valence-corrected chi connectivity index (χ1v) is 17.5. The number of halogens is 2. The standard InChI is InChI=1S/C36H32F2N8O5S/c1-4-51-21-34-42-17-25(18-43-34)23-5-9-28(10-6-23)52(49,50)44-32-15-30(37)24(14-31(32)38)16-40-22(2)13-26-7-8-27(19-41-26)46-35(47)29-11-12-39-20-33(29)45(3)36(46)48/h5-12,14-20,22,44H,4,13,21H2,1-3H3/t22-/m0/s1. The van der Waals surface area contributed by atoms with Crippen molar-refractivity contribution >= 4 is 32.8 Å². The number of anilines is 1. The van der Waals surface area contributed by atoms with E-state index in [2.05, 4.69) is 29.7 Å². The third-order valence-corrected chi connectivity index (χ3v) is 9.46. The molecule has 0 aliphatic carbocycles. The largest absolute Gasteiger partial charge is 0.374 e. The van der Waals surface area contributed by atoms with Gasteiger partial charge < -0.3 is 4.74 Å². The van der Waals surface area contributed by atoms with Gasteiger partial charge in [0.05, 0.1) is 45.6 Å². The number of nitrogens with one attached hydrogen (secondary N) is 1. The SMILES string of the molecule is CCOCc1ncc(-c2ccc(S(=O)(=O)Nc3cc(F)c(C=N[C@@H](C)Cc4ccc(-n5c(=O)c6ccncc6n(C)c5=O)cn4)cc3F)cc2)cn1. The third-order valence-electron chi connectivity index (χ3n) is 8.08. The summed E-state index contributed by atoms with van der Waals surface area (Å²) in [6, 6.07) is 11.8. The lowest BCUT2D eigenvalue weighted by Gasteiger charge is -2.12. The normalized spacial score (nSPS) is 12.4. The van der Waals surface area contributed by atoms with E-state index >= 15 is 8.78 Å². The molecule has 0 unspecified atom stereocenters. The summed E-state index contributed by atoms with van der Waals surface area (Å²) in [5.41, 5.74) is 0.796. The molecule has 16 heteroatoms. The molecule has 0 radical (unpaired) electrons. The maximum atomic E-state index is 15.0. The summed E-state index contributed by atoms with van der Waals surface area (Å²) in [6.45, 7) is 4.42. The Morgan fingerprint density at radius 3 is 2.38 bits per heavy atom. The zero-order valence-corrected chi connectivity index (χ0v) is 29.0. The Bertz CT molecular complexity index is 2510. The number of aliphatic imine (C=N–C) groups is 1. The van der Waals surface area contributed by atoms with Gasteiger partial charge in [-0.3, -0.25) is 29.0 Å². The van der Waals surface area contributed by atoms with Crippen LogP contribution in [0.4, 0.5) is 14.5 Å². The van der Waals surface area contributed by atoms with Crippen LogP contribution in [0.5, 0.6) is 0 Å². The molecule has 4 aromatic heterocycles. The predicted molar refractivity (Wildman–Crippen MR) is 191 cm³/mol. The Kier molecular flexibility index (Phi) is 10.4. The van der Waals surface area contributed by atoms with E-state index < -0.39 is 44.6 Å². The molecule has 0 saturated heterocycles. The highest BCUT2D eigenvalue weighted by molar-refractivity contribution is 7.92. The number of hydrogen-bond donors (Lipinski definition) is 1. The molecule has 52 heavy (non-hydrogen) atoms. The minimum atomic E-state index is -4.26. The van der Waals surface area contributed by atoms with E-state index in [1.54, 1.807) is 56.7 Å². The first-order chi connectivity index (χ1) is 24.9. The predicted octanol–water partition coefficient (Wildman–Crippen LogP) is 4.60. The lowest BCUT2D eigenvalue weighted by atomic mass is 10.1. The van der Waals surface area contributed by atoms with Gasteiger partial charge in [-0.15, -0.1) is 0 Å². The number of aromatic nitrogens is 6. The molecule has 0 amide bonds. The van der Waals surface area contributed by atoms with Gasteiger partial charge in [-0.2, -0.15) is 0 Å². The molecule has 0 fully saturated rings. The maximum Gasteiger partial charge on any atom is 0.335 e. The first kappa shape index (κ1) is 35.8. The molecule has 13 nitrogen and oxygen atoms in total. The molecule has 6 aromatic rings. The van der Waals surface area contributed by atoms with E-state index in [0.717, 1.165) is 22.9 Å². The summed E-state index contributed by atoms with van der Waals surface area (Å²) in [4.78, 5) is 47.0. The van der Waals surface area contributed by atoms with Gasteiger partial charge in [0, 0.05) is 67.8 Å². The summed E-state index contributed by atoms with van der Waals surface area (Å²) in [6.07, 6.45) is 9.00. The first-order valence-electron chi connectivity index (χ1n) is 16.0. The van der Waals surface area contributed by atoms with E-state index in [9.17, 15) is 18.0 Å². The fraction of sp³-hybridized carbons (Fsp3) is 0.194. The lowest BCUT2D eigenvalue weighted by Crippen LogP contribution is -2.38. The zero-order valence-electron chi connectivity index (χ0n) is 28.2. The van der Waals surface area contributed by atoms with E-state index in [1.807, 2.05) is 6.92 Å². The monoisotopic (exact) mass is 726 g/mol. The molecule has 266 valence electrons. The van der Waals surface area contributed by atoms with Crippen molar-refractivity contribution in [2.24, 2.45) is 12.0 Å². The van der Waals surface area contributed by atoms with E-state index in [4.69, 9.17) is 4.74 Å². The van der Waals surface area contributed by atoms with Crippen molar-refractivity contribution in [3.05, 3.63) is 135 Å². The lowest BCUT2D eigenvalue weighted by molar-refractivity contribution is 0.128. The van der Waals surface area contributed by atoms with Crippen molar-refractivity contribution < 1.29 is 21.9 Å². The highest BCUT2D eigenvalue weighted by Gasteiger charge is 2.19. The number of aryl methyl sites for hydroxylation is 1. The Balaban J connectivity index is 1.10. The summed E-state index contributed by atoms with van der Waals surface area (Å²) in [7, 11) is -2.72. The smallest absolute Gasteiger partial charge is 0.335 e. The number of sulfonamides is 1. The molecular weight excluding hydrogens is 695 g/mol. The zero-order chi connectivity index (χ0) is 37.0. The van der Waals surface area contributed by atoms with Crippen molar-refractivity contribution in [2.45, 2.75) is 37.8 Å². The second kappa shape index (κ2) is 15.1. The van der Waals surface area contributed by atoms with Crippen LogP contribution in [-0.2, 0) is 34.8 Å². The van der Waals surface area contributed by atoms with Crippen molar-refractivity contribution in [1.82, 2.24) is 29.1 Å². The number of benzene rings is 2. The van der Waals surface area contributed by atoms with Crippen LogP contribution in [0, 0.1) is 11.6 Å². The van der Waals surface area contributed by atoms with Crippen LogP contribution in [0.25, 0.3) is 27.7 Å². The van der Waals surface area contributed by atoms with Gasteiger partial charge in [-0.05, 0) is 55.8 Å². The Hall–Kier alpha value is -6.00. The number of nitrogens with zero attached hydrogens (tertiary/aromatic N) is 7. The summed E-state index contributed by atoms with van der Waals surface area (Å²) < 4.78 is 65.9. The number of rotatable bonds is 12. The molecule has 2 aromatic carbocycles. The molecule has 0 aliphatic heterocycles. The quantitative estimate of drug-likeness (QED) is 0.178. The van der Waals surface area contributed by atoms with Crippen molar-refractivity contribution in [2.75, 3.05) is 11.3 Å². The molecule has 4 heterocycles. The molecule has 0 saturated carbocycles. The summed E-state index contributed by atoms with van der Waals surface area (Å²) in [5.74, 6) is -1.37. The molecular formula is C36H32F2N8O5S. The molecule has 1 atom stereocenters. The highest BCUT2D eigenvalue weighted by atomic mass is 32.2. The van der Waals surface area contributed by atoms with E-state index in [-0.39, 0.29) is 22.8 Å². The van der Waals surface area contributed by atoms with Crippen LogP contribution in [0.2, 0.25) is 0 Å². The molecule has 1 N–H and O–H groups in total. The number of ether oxygens (including phenoxy) is 1. The average molecular weight is 727 g/mol. The topological polar surface area (TPSA) is 163 Å². The van der Waals surface area contributed by atoms with Gasteiger partial charge in [0.15, 0.2) is 5.82 Å². The van der Waals surface area contributed by atoms with Crippen molar-refractivity contribution in [3.63, 3.8) is 0 Å². The van der Waals surface area contributed by atoms with Crippen LogP contribution in [0.1, 0.15) is 30.9 Å². The van der Waals surface area contributed by atoms with Crippen LogP contribution in [0.3, 0.4) is 0 Å². The summed E-state index contributed by atoms with van der Waals surface area (Å²) in [5, 5.41) is 0.330. The average Bonchev–Trinajstić information content (AvgIpc) is 3.15. The third kappa shape index (κ3) is 7.67. The van der Waals surface area contributed by atoms with Gasteiger partial charge in [0.2, 0.25) is 0 Å². The summed E-state index contributed by atoms with van der Waals surface area (Å²) >= 11 is 0. The number of pyridine rings is 2. The van der Waals surface area contributed by atoms with Crippen molar-refractivity contribution in [3.8, 4) is 16.8 Å². The maximum absolute atomic E-state index is 15.0. The van der Waals surface area contributed by atoms with Gasteiger partial charge in [-0.1, -0.05) is 12.1 Å². The molecule has 0 bridgehead atoms. The van der Waals surface area contributed by atoms with Gasteiger partial charge in [-0.25, -0.2) is 36.5 Å². The fourth-order valence-electron chi connectivity index (χ4n) is 5.30. The van der Waals surface area contributed by atoms with E-state index in [1.165, 1.54) is 35.3 Å². The molecule has 6 rings (SSSR count).